The normalized spacial score (nSPS) is 23.1. The molecule has 0 saturated carbocycles. The second-order valence-electron chi connectivity index (χ2n) is 8.26. The van der Waals surface area contributed by atoms with E-state index >= 15 is 0 Å². The Kier molecular flexibility index (Phi) is 4.20. The molecule has 1 saturated heterocycles. The molecule has 0 aliphatic carbocycles. The van der Waals surface area contributed by atoms with Crippen molar-refractivity contribution in [3.05, 3.63) is 107 Å². The van der Waals surface area contributed by atoms with Crippen LogP contribution in [0.4, 0.5) is 0 Å². The molecule has 3 aliphatic rings. The third kappa shape index (κ3) is 2.88. The van der Waals surface area contributed by atoms with Gasteiger partial charge in [-0.1, -0.05) is 78.9 Å². The van der Waals surface area contributed by atoms with Crippen molar-refractivity contribution in [3.63, 3.8) is 0 Å². The molecule has 3 heterocycles. The van der Waals surface area contributed by atoms with Crippen molar-refractivity contribution in [2.75, 3.05) is 0 Å². The van der Waals surface area contributed by atoms with E-state index in [1.807, 2.05) is 54.7 Å². The van der Waals surface area contributed by atoms with Gasteiger partial charge >= 0.3 is 0 Å². The van der Waals surface area contributed by atoms with Gasteiger partial charge in [0.05, 0.1) is 24.4 Å². The number of hydrogen-bond donors (Lipinski definition) is 0. The monoisotopic (exact) mass is 406 g/mol. The highest BCUT2D eigenvalue weighted by molar-refractivity contribution is 5.90. The molecule has 5 heteroatoms. The summed E-state index contributed by atoms with van der Waals surface area (Å²) in [7, 11) is 0. The van der Waals surface area contributed by atoms with E-state index in [-0.39, 0.29) is 24.0 Å². The van der Waals surface area contributed by atoms with E-state index in [1.165, 1.54) is 5.56 Å². The third-order valence-corrected chi connectivity index (χ3v) is 6.52. The highest BCUT2D eigenvalue weighted by atomic mass is 16.2. The van der Waals surface area contributed by atoms with Gasteiger partial charge in [0.25, 0.3) is 5.91 Å². The number of rotatable bonds is 3. The molecule has 31 heavy (non-hydrogen) atoms. The molecule has 0 radical (unpaired) electrons. The number of aryl methyl sites for hydroxylation is 1. The first-order chi connectivity index (χ1) is 15.3. The molecular formula is C26H22N4O. The number of carbonyl (C=O) groups is 1. The lowest BCUT2D eigenvalue weighted by Crippen LogP contribution is -2.55. The Morgan fingerprint density at radius 3 is 2.19 bits per heavy atom. The summed E-state index contributed by atoms with van der Waals surface area (Å²) in [5.41, 5.74) is 5.59. The maximum Gasteiger partial charge on any atom is 0.250 e. The summed E-state index contributed by atoms with van der Waals surface area (Å²) < 4.78 is 0. The Balaban J connectivity index is 1.44. The van der Waals surface area contributed by atoms with E-state index in [4.69, 9.17) is 5.10 Å². The van der Waals surface area contributed by atoms with E-state index in [1.54, 1.807) is 11.2 Å². The van der Waals surface area contributed by atoms with Gasteiger partial charge in [-0.25, -0.2) is 5.01 Å². The summed E-state index contributed by atoms with van der Waals surface area (Å²) in [6, 6.07) is 26.7. The summed E-state index contributed by atoms with van der Waals surface area (Å²) in [6.45, 7) is 0. The minimum atomic E-state index is -0.323. The topological polar surface area (TPSA) is 48.3 Å². The molecule has 3 aromatic rings. The number of amides is 1. The summed E-state index contributed by atoms with van der Waals surface area (Å²) in [6.07, 6.45) is 4.96. The van der Waals surface area contributed by atoms with Crippen LogP contribution < -0.4 is 0 Å². The lowest BCUT2D eigenvalue weighted by Gasteiger charge is -2.50. The predicted octanol–water partition coefficient (Wildman–Crippen LogP) is 4.51. The van der Waals surface area contributed by atoms with E-state index in [0.29, 0.717) is 0 Å². The van der Waals surface area contributed by atoms with Gasteiger partial charge in [0, 0.05) is 11.1 Å². The molecule has 0 bridgehead atoms. The van der Waals surface area contributed by atoms with Crippen molar-refractivity contribution in [2.45, 2.75) is 25.0 Å². The van der Waals surface area contributed by atoms with Crippen molar-refractivity contribution < 1.29 is 4.79 Å². The Labute approximate surface area is 181 Å². The van der Waals surface area contributed by atoms with Crippen molar-refractivity contribution in [3.8, 4) is 0 Å². The van der Waals surface area contributed by atoms with Crippen LogP contribution in [0.2, 0.25) is 0 Å². The zero-order chi connectivity index (χ0) is 20.8. The number of benzene rings is 3. The first-order valence-corrected chi connectivity index (χ1v) is 10.7. The largest absolute Gasteiger partial charge is 0.272 e. The van der Waals surface area contributed by atoms with Gasteiger partial charge in [0.15, 0.2) is 6.17 Å². The Morgan fingerprint density at radius 1 is 0.742 bits per heavy atom. The smallest absolute Gasteiger partial charge is 0.250 e. The van der Waals surface area contributed by atoms with Crippen molar-refractivity contribution in [1.82, 2.24) is 10.0 Å². The number of nitrogens with zero attached hydrogens (tertiary/aromatic N) is 4. The Bertz CT molecular complexity index is 1200. The summed E-state index contributed by atoms with van der Waals surface area (Å²) >= 11 is 0. The zero-order valence-corrected chi connectivity index (χ0v) is 17.0. The van der Waals surface area contributed by atoms with Crippen LogP contribution in [0.1, 0.15) is 46.4 Å². The molecule has 1 amide bonds. The number of hydrazone groups is 2. The second kappa shape index (κ2) is 7.20. The molecule has 152 valence electrons. The summed E-state index contributed by atoms with van der Waals surface area (Å²) in [5.74, 6) is -0.155. The molecule has 5 nitrogen and oxygen atoms in total. The number of carbonyl (C=O) groups excluding carboxylic acids is 1. The van der Waals surface area contributed by atoms with Crippen LogP contribution in [-0.4, -0.2) is 28.4 Å². The minimum absolute atomic E-state index is 0.0693. The van der Waals surface area contributed by atoms with Crippen LogP contribution in [0.15, 0.2) is 89.1 Å². The first-order valence-electron chi connectivity index (χ1n) is 10.7. The first kappa shape index (κ1) is 18.1. The van der Waals surface area contributed by atoms with E-state index in [0.717, 1.165) is 35.1 Å². The van der Waals surface area contributed by atoms with E-state index in [9.17, 15) is 4.79 Å². The molecule has 0 N–H and O–H groups in total. The van der Waals surface area contributed by atoms with Crippen molar-refractivity contribution in [1.29, 1.82) is 0 Å². The fourth-order valence-electron chi connectivity index (χ4n) is 5.03. The average Bonchev–Trinajstić information content (AvgIpc) is 2.84. The maximum absolute atomic E-state index is 13.8. The minimum Gasteiger partial charge on any atom is -0.272 e. The Morgan fingerprint density at radius 2 is 1.39 bits per heavy atom. The lowest BCUT2D eigenvalue weighted by atomic mass is 9.81. The van der Waals surface area contributed by atoms with Gasteiger partial charge in [-0.3, -0.25) is 9.80 Å². The standard InChI is InChI=1S/C26H22N4O/c31-26-23(15-14-18-8-2-1-3-9-18)24-21-12-6-4-10-19(21)16-27-29(24)25-22-13-7-5-11-20(22)17-28-30(25)26/h1-13,16-17,23-25H,14-15H2. The highest BCUT2D eigenvalue weighted by Gasteiger charge is 2.50. The fraction of sp³-hybridized carbons (Fsp3) is 0.192. The molecule has 0 spiro atoms. The third-order valence-electron chi connectivity index (χ3n) is 6.52. The molecule has 3 aliphatic heterocycles. The molecule has 3 unspecified atom stereocenters. The summed E-state index contributed by atoms with van der Waals surface area (Å²) in [4.78, 5) is 13.8. The van der Waals surface area contributed by atoms with Gasteiger partial charge < -0.3 is 0 Å². The second-order valence-corrected chi connectivity index (χ2v) is 8.26. The Hall–Kier alpha value is -3.73. The van der Waals surface area contributed by atoms with Gasteiger partial charge in [-0.2, -0.15) is 10.2 Å². The van der Waals surface area contributed by atoms with Crippen LogP contribution in [-0.2, 0) is 11.2 Å². The van der Waals surface area contributed by atoms with Gasteiger partial charge in [-0.05, 0) is 29.5 Å². The lowest BCUT2D eigenvalue weighted by molar-refractivity contribution is -0.161. The molecule has 3 aromatic carbocycles. The van der Waals surface area contributed by atoms with Crippen LogP contribution >= 0.6 is 0 Å². The SMILES string of the molecule is O=C1C(CCc2ccccc2)C2c3ccccc3C=NN2C2c3ccccc3C=NN12. The van der Waals surface area contributed by atoms with Crippen LogP contribution in [0, 0.1) is 5.92 Å². The van der Waals surface area contributed by atoms with E-state index < -0.39 is 0 Å². The van der Waals surface area contributed by atoms with Crippen LogP contribution in [0.3, 0.4) is 0 Å². The molecular weight excluding hydrogens is 384 g/mol. The van der Waals surface area contributed by atoms with Gasteiger partial charge in [0.2, 0.25) is 0 Å². The van der Waals surface area contributed by atoms with Crippen molar-refractivity contribution in [2.24, 2.45) is 16.1 Å². The quantitative estimate of drug-likeness (QED) is 0.642. The number of hydrogen-bond acceptors (Lipinski definition) is 4. The molecule has 6 rings (SSSR count). The molecule has 1 fully saturated rings. The van der Waals surface area contributed by atoms with E-state index in [2.05, 4.69) is 40.4 Å². The summed E-state index contributed by atoms with van der Waals surface area (Å²) in [5, 5.41) is 13.2. The van der Waals surface area contributed by atoms with Crippen molar-refractivity contribution >= 4 is 18.3 Å². The maximum atomic E-state index is 13.8. The predicted molar refractivity (Wildman–Crippen MR) is 120 cm³/mol. The number of fused-ring (bicyclic) bond motifs is 7. The van der Waals surface area contributed by atoms with Gasteiger partial charge in [-0.15, -0.1) is 0 Å². The zero-order valence-electron chi connectivity index (χ0n) is 17.0. The van der Waals surface area contributed by atoms with Crippen LogP contribution in [0.25, 0.3) is 0 Å². The molecule has 0 aromatic heterocycles. The highest BCUT2D eigenvalue weighted by Crippen LogP contribution is 2.48. The average molecular weight is 406 g/mol. The van der Waals surface area contributed by atoms with Gasteiger partial charge in [0.1, 0.15) is 0 Å². The molecule has 3 atom stereocenters. The fourth-order valence-corrected chi connectivity index (χ4v) is 5.03. The van der Waals surface area contributed by atoms with Crippen LogP contribution in [0.5, 0.6) is 0 Å².